The maximum absolute atomic E-state index is 12.2. The van der Waals surface area contributed by atoms with E-state index in [1.807, 2.05) is 60.7 Å². The Hall–Kier alpha value is -2.09. The van der Waals surface area contributed by atoms with Crippen molar-refractivity contribution in [2.75, 3.05) is 0 Å². The lowest BCUT2D eigenvalue weighted by molar-refractivity contribution is -0.115. The van der Waals surface area contributed by atoms with Crippen molar-refractivity contribution >= 4 is 66.5 Å². The summed E-state index contributed by atoms with van der Waals surface area (Å²) in [4.78, 5) is 17.2. The van der Waals surface area contributed by atoms with E-state index in [2.05, 4.69) is 42.2 Å². The predicted molar refractivity (Wildman–Crippen MR) is 117 cm³/mol. The molecule has 4 nitrogen and oxygen atoms in total. The molecule has 7 heteroatoms. The van der Waals surface area contributed by atoms with E-state index in [1.165, 1.54) is 11.8 Å². The van der Waals surface area contributed by atoms with Gasteiger partial charge in [-0.2, -0.15) is 0 Å². The molecular weight excluding hydrogens is 492 g/mol. The van der Waals surface area contributed by atoms with E-state index >= 15 is 0 Å². The van der Waals surface area contributed by atoms with Gasteiger partial charge in [-0.1, -0.05) is 44.0 Å². The van der Waals surface area contributed by atoms with Gasteiger partial charge in [-0.05, 0) is 60.3 Å². The number of thioether (sulfide) groups is 1. The molecule has 1 amide bonds. The number of aliphatic imine (C=N–C) groups is 1. The zero-order chi connectivity index (χ0) is 18.8. The zero-order valence-corrected chi connectivity index (χ0v) is 17.8. The molecule has 4 rings (SSSR count). The van der Waals surface area contributed by atoms with Crippen LogP contribution in [0, 0.1) is 0 Å². The van der Waals surface area contributed by atoms with Gasteiger partial charge in [-0.25, -0.2) is 4.99 Å². The molecule has 27 heavy (non-hydrogen) atoms. The second kappa shape index (κ2) is 7.88. The highest BCUT2D eigenvalue weighted by Gasteiger charge is 2.24. The minimum atomic E-state index is -0.183. The molecular formula is C20H12Br2N2O2S. The molecule has 0 atom stereocenters. The predicted octanol–water partition coefficient (Wildman–Crippen LogP) is 6.36. The van der Waals surface area contributed by atoms with E-state index in [0.717, 1.165) is 26.0 Å². The average Bonchev–Trinajstić information content (AvgIpc) is 3.25. The van der Waals surface area contributed by atoms with Crippen molar-refractivity contribution in [3.63, 3.8) is 0 Å². The normalized spacial score (nSPS) is 16.9. The maximum atomic E-state index is 12.2. The molecule has 1 saturated heterocycles. The lowest BCUT2D eigenvalue weighted by Gasteiger charge is -1.97. The summed E-state index contributed by atoms with van der Waals surface area (Å²) in [7, 11) is 0. The fraction of sp³-hybridized carbons (Fsp3) is 0. The molecule has 0 bridgehead atoms. The molecule has 0 aliphatic carbocycles. The van der Waals surface area contributed by atoms with Crippen molar-refractivity contribution in [1.82, 2.24) is 5.32 Å². The number of carbonyl (C=O) groups is 1. The molecule has 134 valence electrons. The average molecular weight is 504 g/mol. The number of benzene rings is 2. The van der Waals surface area contributed by atoms with E-state index < -0.39 is 0 Å². The molecule has 0 saturated carbocycles. The highest BCUT2D eigenvalue weighted by atomic mass is 79.9. The van der Waals surface area contributed by atoms with Crippen molar-refractivity contribution in [1.29, 1.82) is 0 Å². The fourth-order valence-electron chi connectivity index (χ4n) is 2.44. The number of hydrogen-bond acceptors (Lipinski definition) is 4. The SMILES string of the molecule is O=C1NC(=Nc2ccc(Br)cc2)SC1=Cc1ccc(-c2ccc(Br)cc2)o1. The highest BCUT2D eigenvalue weighted by Crippen LogP contribution is 2.30. The lowest BCUT2D eigenvalue weighted by atomic mass is 10.2. The van der Waals surface area contributed by atoms with Gasteiger partial charge in [-0.3, -0.25) is 4.79 Å². The Morgan fingerprint density at radius 3 is 2.30 bits per heavy atom. The Morgan fingerprint density at radius 2 is 1.59 bits per heavy atom. The van der Waals surface area contributed by atoms with Crippen LogP contribution in [0.4, 0.5) is 5.69 Å². The summed E-state index contributed by atoms with van der Waals surface area (Å²) in [5, 5.41) is 3.33. The number of halogens is 2. The molecule has 1 aromatic heterocycles. The minimum Gasteiger partial charge on any atom is -0.457 e. The Kier molecular flexibility index (Phi) is 5.33. The number of rotatable bonds is 3. The van der Waals surface area contributed by atoms with Gasteiger partial charge < -0.3 is 9.73 Å². The Bertz CT molecular complexity index is 1050. The number of amidine groups is 1. The van der Waals surface area contributed by atoms with Gasteiger partial charge >= 0.3 is 0 Å². The summed E-state index contributed by atoms with van der Waals surface area (Å²) in [6, 6.07) is 19.2. The van der Waals surface area contributed by atoms with Gasteiger partial charge in [0, 0.05) is 20.6 Å². The van der Waals surface area contributed by atoms with E-state index in [9.17, 15) is 4.79 Å². The number of furan rings is 1. The number of nitrogens with zero attached hydrogens (tertiary/aromatic N) is 1. The van der Waals surface area contributed by atoms with Crippen LogP contribution in [0.5, 0.6) is 0 Å². The van der Waals surface area contributed by atoms with Crippen molar-refractivity contribution in [2.45, 2.75) is 0 Å². The van der Waals surface area contributed by atoms with Crippen LogP contribution in [0.2, 0.25) is 0 Å². The quantitative estimate of drug-likeness (QED) is 0.423. The first-order valence-electron chi connectivity index (χ1n) is 7.98. The molecule has 2 aromatic carbocycles. The van der Waals surface area contributed by atoms with Gasteiger partial charge in [0.2, 0.25) is 0 Å². The van der Waals surface area contributed by atoms with Crippen LogP contribution in [0.1, 0.15) is 5.76 Å². The van der Waals surface area contributed by atoms with Crippen LogP contribution in [0.25, 0.3) is 17.4 Å². The fourth-order valence-corrected chi connectivity index (χ4v) is 3.79. The third-order valence-corrected chi connectivity index (χ3v) is 5.70. The van der Waals surface area contributed by atoms with E-state index in [1.54, 1.807) is 6.08 Å². The van der Waals surface area contributed by atoms with E-state index in [-0.39, 0.29) is 5.91 Å². The highest BCUT2D eigenvalue weighted by molar-refractivity contribution is 9.10. The van der Waals surface area contributed by atoms with Gasteiger partial charge in [-0.15, -0.1) is 0 Å². The smallest absolute Gasteiger partial charge is 0.264 e. The summed E-state index contributed by atoms with van der Waals surface area (Å²) in [5.41, 5.74) is 1.75. The second-order valence-corrected chi connectivity index (χ2v) is 8.53. The molecule has 1 aliphatic rings. The summed E-state index contributed by atoms with van der Waals surface area (Å²) in [6.45, 7) is 0. The van der Waals surface area contributed by atoms with Gasteiger partial charge in [0.05, 0.1) is 10.6 Å². The van der Waals surface area contributed by atoms with Crippen LogP contribution in [-0.4, -0.2) is 11.1 Å². The van der Waals surface area contributed by atoms with Gasteiger partial charge in [0.1, 0.15) is 11.5 Å². The Morgan fingerprint density at radius 1 is 0.926 bits per heavy atom. The Balaban J connectivity index is 1.53. The number of amides is 1. The van der Waals surface area contributed by atoms with Crippen molar-refractivity contribution < 1.29 is 9.21 Å². The zero-order valence-electron chi connectivity index (χ0n) is 13.8. The second-order valence-electron chi connectivity index (χ2n) is 5.67. The Labute approximate surface area is 177 Å². The van der Waals surface area contributed by atoms with Gasteiger partial charge in [0.15, 0.2) is 5.17 Å². The molecule has 1 N–H and O–H groups in total. The summed E-state index contributed by atoms with van der Waals surface area (Å²) in [6.07, 6.45) is 1.73. The number of nitrogens with one attached hydrogen (secondary N) is 1. The molecule has 3 aromatic rings. The standard InChI is InChI=1S/C20H12Br2N2O2S/c21-13-3-1-12(2-4-13)17-10-9-16(26-17)11-18-19(25)24-20(27-18)23-15-7-5-14(22)6-8-15/h1-11H,(H,23,24,25). The first kappa shape index (κ1) is 18.3. The first-order chi connectivity index (χ1) is 13.1. The summed E-state index contributed by atoms with van der Waals surface area (Å²) in [5.74, 6) is 1.19. The molecule has 1 aliphatic heterocycles. The van der Waals surface area contributed by atoms with Crippen molar-refractivity contribution in [2.24, 2.45) is 4.99 Å². The van der Waals surface area contributed by atoms with Crippen LogP contribution >= 0.6 is 43.6 Å². The topological polar surface area (TPSA) is 54.6 Å². The largest absolute Gasteiger partial charge is 0.457 e. The molecule has 0 unspecified atom stereocenters. The third-order valence-electron chi connectivity index (χ3n) is 3.74. The van der Waals surface area contributed by atoms with Crippen molar-refractivity contribution in [3.8, 4) is 11.3 Å². The number of hydrogen-bond donors (Lipinski definition) is 1. The van der Waals surface area contributed by atoms with Crippen LogP contribution in [0.3, 0.4) is 0 Å². The molecule has 1 fully saturated rings. The van der Waals surface area contributed by atoms with Crippen LogP contribution < -0.4 is 5.32 Å². The lowest BCUT2D eigenvalue weighted by Crippen LogP contribution is -2.19. The van der Waals surface area contributed by atoms with Gasteiger partial charge in [0.25, 0.3) is 5.91 Å². The summed E-state index contributed by atoms with van der Waals surface area (Å²) >= 11 is 8.10. The number of carbonyl (C=O) groups excluding carboxylic acids is 1. The minimum absolute atomic E-state index is 0.183. The van der Waals surface area contributed by atoms with Crippen LogP contribution in [-0.2, 0) is 4.79 Å². The maximum Gasteiger partial charge on any atom is 0.264 e. The monoisotopic (exact) mass is 502 g/mol. The summed E-state index contributed by atoms with van der Waals surface area (Å²) < 4.78 is 7.85. The van der Waals surface area contributed by atoms with Crippen molar-refractivity contribution in [3.05, 3.63) is 80.3 Å². The third kappa shape index (κ3) is 4.43. The molecule has 2 heterocycles. The van der Waals surface area contributed by atoms with E-state index in [4.69, 9.17) is 4.42 Å². The molecule has 0 radical (unpaired) electrons. The molecule has 0 spiro atoms. The van der Waals surface area contributed by atoms with Crippen LogP contribution in [0.15, 0.2) is 83.9 Å². The van der Waals surface area contributed by atoms with E-state index in [0.29, 0.717) is 15.8 Å². The first-order valence-corrected chi connectivity index (χ1v) is 10.4.